The summed E-state index contributed by atoms with van der Waals surface area (Å²) in [7, 11) is 0. The molecule has 144 valence electrons. The van der Waals surface area contributed by atoms with E-state index >= 15 is 0 Å². The van der Waals surface area contributed by atoms with Crippen LogP contribution in [0.15, 0.2) is 18.3 Å². The fraction of sp³-hybridized carbons (Fsp3) is 0.667. The second-order valence-corrected chi connectivity index (χ2v) is 7.20. The van der Waals surface area contributed by atoms with Crippen LogP contribution in [0.1, 0.15) is 37.7 Å². The average Bonchev–Trinajstić information content (AvgIpc) is 3.08. The van der Waals surface area contributed by atoms with E-state index in [1.54, 1.807) is 4.90 Å². The van der Waals surface area contributed by atoms with E-state index in [0.717, 1.165) is 25.3 Å². The van der Waals surface area contributed by atoms with Crippen LogP contribution < -0.4 is 16.0 Å². The van der Waals surface area contributed by atoms with Gasteiger partial charge in [-0.3, -0.25) is 4.79 Å². The number of halogens is 3. The van der Waals surface area contributed by atoms with Gasteiger partial charge in [0.25, 0.3) is 0 Å². The molecule has 1 aromatic heterocycles. The number of piperidine rings is 1. The standard InChI is InChI=1S/C18H25F3N4O/c19-18(20,21)14-6-2-8-23-16(14)25-9-3-5-13(11-25)17(26)24-15-7-1-4-12(15)10-22/h2,6,8,12-13,15H,1,3-5,7,9-11,22H2,(H,24,26)/t12-,13+,15+/m0/s1. The number of nitrogens with two attached hydrogens (primary N) is 1. The molecule has 2 fully saturated rings. The van der Waals surface area contributed by atoms with Gasteiger partial charge in [-0.25, -0.2) is 4.98 Å². The quantitative estimate of drug-likeness (QED) is 0.855. The lowest BCUT2D eigenvalue weighted by Crippen LogP contribution is -2.48. The monoisotopic (exact) mass is 370 g/mol. The third-order valence-corrected chi connectivity index (χ3v) is 5.47. The molecule has 3 atom stereocenters. The number of amides is 1. The highest BCUT2D eigenvalue weighted by molar-refractivity contribution is 5.80. The number of pyridine rings is 1. The summed E-state index contributed by atoms with van der Waals surface area (Å²) < 4.78 is 39.8. The number of rotatable bonds is 4. The molecule has 1 aliphatic heterocycles. The van der Waals surface area contributed by atoms with Crippen LogP contribution >= 0.6 is 0 Å². The summed E-state index contributed by atoms with van der Waals surface area (Å²) in [5.41, 5.74) is 5.01. The maximum atomic E-state index is 13.3. The highest BCUT2D eigenvalue weighted by atomic mass is 19.4. The molecule has 0 bridgehead atoms. The molecule has 5 nitrogen and oxygen atoms in total. The molecular formula is C18H25F3N4O. The van der Waals surface area contributed by atoms with Gasteiger partial charge in [-0.15, -0.1) is 0 Å². The zero-order valence-corrected chi connectivity index (χ0v) is 14.6. The molecule has 1 aliphatic carbocycles. The number of hydrogen-bond donors (Lipinski definition) is 2. The minimum Gasteiger partial charge on any atom is -0.355 e. The second-order valence-electron chi connectivity index (χ2n) is 7.20. The number of carbonyl (C=O) groups is 1. The molecule has 3 rings (SSSR count). The lowest BCUT2D eigenvalue weighted by molar-refractivity contribution is -0.137. The van der Waals surface area contributed by atoms with E-state index in [-0.39, 0.29) is 30.2 Å². The van der Waals surface area contributed by atoms with Crippen molar-refractivity contribution in [2.75, 3.05) is 24.5 Å². The van der Waals surface area contributed by atoms with Gasteiger partial charge in [-0.2, -0.15) is 13.2 Å². The molecular weight excluding hydrogens is 345 g/mol. The van der Waals surface area contributed by atoms with E-state index < -0.39 is 11.7 Å². The Hall–Kier alpha value is -1.83. The number of anilines is 1. The van der Waals surface area contributed by atoms with Gasteiger partial charge in [-0.05, 0) is 50.3 Å². The van der Waals surface area contributed by atoms with Crippen molar-refractivity contribution in [3.63, 3.8) is 0 Å². The van der Waals surface area contributed by atoms with E-state index in [1.807, 2.05) is 0 Å². The van der Waals surface area contributed by atoms with Gasteiger partial charge < -0.3 is 16.0 Å². The molecule has 2 heterocycles. The highest BCUT2D eigenvalue weighted by Crippen LogP contribution is 2.36. The normalized spacial score (nSPS) is 26.8. The first-order valence-corrected chi connectivity index (χ1v) is 9.17. The van der Waals surface area contributed by atoms with Crippen molar-refractivity contribution in [3.05, 3.63) is 23.9 Å². The number of alkyl halides is 3. The third-order valence-electron chi connectivity index (χ3n) is 5.47. The molecule has 3 N–H and O–H groups in total. The van der Waals surface area contributed by atoms with Crippen LogP contribution in [0.2, 0.25) is 0 Å². The Balaban J connectivity index is 1.69. The van der Waals surface area contributed by atoms with Gasteiger partial charge in [0, 0.05) is 25.3 Å². The van der Waals surface area contributed by atoms with Gasteiger partial charge in [0.1, 0.15) is 5.82 Å². The van der Waals surface area contributed by atoms with Crippen molar-refractivity contribution in [1.82, 2.24) is 10.3 Å². The molecule has 1 saturated heterocycles. The third kappa shape index (κ3) is 4.11. The molecule has 8 heteroatoms. The fourth-order valence-corrected chi connectivity index (χ4v) is 4.06. The van der Waals surface area contributed by atoms with E-state index in [0.29, 0.717) is 31.8 Å². The summed E-state index contributed by atoms with van der Waals surface area (Å²) >= 11 is 0. The molecule has 0 unspecified atom stereocenters. The van der Waals surface area contributed by atoms with Crippen LogP contribution in [0, 0.1) is 11.8 Å². The number of hydrogen-bond acceptors (Lipinski definition) is 4. The molecule has 0 aromatic carbocycles. The molecule has 1 amide bonds. The minimum absolute atomic E-state index is 0.0791. The van der Waals surface area contributed by atoms with Crippen LogP contribution in [-0.2, 0) is 11.0 Å². The van der Waals surface area contributed by atoms with E-state index in [1.165, 1.54) is 12.3 Å². The van der Waals surface area contributed by atoms with E-state index in [4.69, 9.17) is 5.73 Å². The summed E-state index contributed by atoms with van der Waals surface area (Å²) in [6.45, 7) is 1.27. The minimum atomic E-state index is -4.46. The molecule has 0 radical (unpaired) electrons. The Morgan fingerprint density at radius 2 is 2.12 bits per heavy atom. The Bertz CT molecular complexity index is 637. The first kappa shape index (κ1) is 18.9. The van der Waals surface area contributed by atoms with Gasteiger partial charge in [-0.1, -0.05) is 6.42 Å². The highest BCUT2D eigenvalue weighted by Gasteiger charge is 2.38. The van der Waals surface area contributed by atoms with Crippen LogP contribution in [0.4, 0.5) is 19.0 Å². The smallest absolute Gasteiger partial charge is 0.355 e. The Morgan fingerprint density at radius 1 is 1.31 bits per heavy atom. The molecule has 26 heavy (non-hydrogen) atoms. The predicted molar refractivity (Wildman–Crippen MR) is 92.5 cm³/mol. The van der Waals surface area contributed by atoms with Gasteiger partial charge in [0.05, 0.1) is 11.5 Å². The van der Waals surface area contributed by atoms with Gasteiger partial charge in [0.2, 0.25) is 5.91 Å². The Labute approximate surface area is 151 Å². The zero-order valence-electron chi connectivity index (χ0n) is 14.6. The van der Waals surface area contributed by atoms with Crippen molar-refractivity contribution in [2.45, 2.75) is 44.3 Å². The van der Waals surface area contributed by atoms with Crippen LogP contribution in [-0.4, -0.2) is 36.6 Å². The maximum Gasteiger partial charge on any atom is 0.419 e. The van der Waals surface area contributed by atoms with Crippen LogP contribution in [0.5, 0.6) is 0 Å². The van der Waals surface area contributed by atoms with E-state index in [2.05, 4.69) is 10.3 Å². The summed E-state index contributed by atoms with van der Waals surface area (Å²) in [5.74, 6) is -0.195. The molecule has 2 aliphatic rings. The lowest BCUT2D eigenvalue weighted by atomic mass is 9.95. The van der Waals surface area contributed by atoms with Gasteiger partial charge >= 0.3 is 6.18 Å². The van der Waals surface area contributed by atoms with Gasteiger partial charge in [0.15, 0.2) is 0 Å². The van der Waals surface area contributed by atoms with Crippen LogP contribution in [0.25, 0.3) is 0 Å². The summed E-state index contributed by atoms with van der Waals surface area (Å²) in [6, 6.07) is 2.41. The number of nitrogens with zero attached hydrogens (tertiary/aromatic N) is 2. The average molecular weight is 370 g/mol. The predicted octanol–water partition coefficient (Wildman–Crippen LogP) is 2.56. The SMILES string of the molecule is NC[C@@H]1CCC[C@H]1NC(=O)[C@@H]1CCCN(c2ncccc2C(F)(F)F)C1. The first-order valence-electron chi connectivity index (χ1n) is 9.17. The largest absolute Gasteiger partial charge is 0.419 e. The van der Waals surface area contributed by atoms with Crippen molar-refractivity contribution < 1.29 is 18.0 Å². The second kappa shape index (κ2) is 7.82. The number of aromatic nitrogens is 1. The summed E-state index contributed by atoms with van der Waals surface area (Å²) in [6.07, 6.45) is 1.22. The first-order chi connectivity index (χ1) is 12.4. The number of carbonyl (C=O) groups excluding carboxylic acids is 1. The zero-order chi connectivity index (χ0) is 18.7. The van der Waals surface area contributed by atoms with Crippen molar-refractivity contribution in [3.8, 4) is 0 Å². The summed E-state index contributed by atoms with van der Waals surface area (Å²) in [4.78, 5) is 18.2. The number of nitrogens with one attached hydrogen (secondary N) is 1. The Morgan fingerprint density at radius 3 is 2.85 bits per heavy atom. The Kier molecular flexibility index (Phi) is 5.70. The lowest BCUT2D eigenvalue weighted by Gasteiger charge is -2.35. The summed E-state index contributed by atoms with van der Waals surface area (Å²) in [5, 5.41) is 3.08. The van der Waals surface area contributed by atoms with Crippen molar-refractivity contribution >= 4 is 11.7 Å². The topological polar surface area (TPSA) is 71.2 Å². The van der Waals surface area contributed by atoms with E-state index in [9.17, 15) is 18.0 Å². The van der Waals surface area contributed by atoms with Crippen LogP contribution in [0.3, 0.4) is 0 Å². The fourth-order valence-electron chi connectivity index (χ4n) is 4.06. The van der Waals surface area contributed by atoms with Crippen molar-refractivity contribution in [1.29, 1.82) is 0 Å². The molecule has 0 spiro atoms. The molecule has 1 aromatic rings. The molecule has 1 saturated carbocycles. The maximum absolute atomic E-state index is 13.3. The van der Waals surface area contributed by atoms with Crippen molar-refractivity contribution in [2.24, 2.45) is 17.6 Å².